The molecule has 3 nitrogen and oxygen atoms in total. The predicted octanol–water partition coefficient (Wildman–Crippen LogP) is 3.26. The molecule has 1 aromatic heterocycles. The summed E-state index contributed by atoms with van der Waals surface area (Å²) in [6.45, 7) is 5.20. The van der Waals surface area contributed by atoms with Crippen LogP contribution in [0.1, 0.15) is 30.7 Å². The summed E-state index contributed by atoms with van der Waals surface area (Å²) >= 11 is 5.34. The highest BCUT2D eigenvalue weighted by Crippen LogP contribution is 2.34. The zero-order valence-electron chi connectivity index (χ0n) is 11.6. The molecule has 108 valence electrons. The van der Waals surface area contributed by atoms with Crippen LogP contribution in [0.2, 0.25) is 0 Å². The second-order valence-electron chi connectivity index (χ2n) is 5.43. The van der Waals surface area contributed by atoms with Crippen molar-refractivity contribution in [1.82, 2.24) is 4.90 Å². The van der Waals surface area contributed by atoms with E-state index < -0.39 is 0 Å². The van der Waals surface area contributed by atoms with Crippen LogP contribution in [0, 0.1) is 5.92 Å². The minimum Gasteiger partial charge on any atom is -0.384 e. The van der Waals surface area contributed by atoms with Gasteiger partial charge in [-0.15, -0.1) is 11.3 Å². The minimum atomic E-state index is 0.145. The average molecular weight is 347 g/mol. The first-order valence-corrected chi connectivity index (χ1v) is 8.51. The first-order valence-electron chi connectivity index (χ1n) is 6.84. The summed E-state index contributed by atoms with van der Waals surface area (Å²) in [6.07, 6.45) is 2.51. The fraction of sp³-hybridized carbons (Fsp3) is 0.714. The van der Waals surface area contributed by atoms with Crippen LogP contribution in [0.15, 0.2) is 15.9 Å². The summed E-state index contributed by atoms with van der Waals surface area (Å²) in [5, 5.41) is 2.14. The highest BCUT2D eigenvalue weighted by molar-refractivity contribution is 9.10. The second kappa shape index (κ2) is 7.18. The van der Waals surface area contributed by atoms with E-state index >= 15 is 0 Å². The van der Waals surface area contributed by atoms with Gasteiger partial charge in [0, 0.05) is 34.4 Å². The fourth-order valence-electron chi connectivity index (χ4n) is 2.98. The van der Waals surface area contributed by atoms with Gasteiger partial charge in [-0.25, -0.2) is 0 Å². The van der Waals surface area contributed by atoms with Gasteiger partial charge in [0.05, 0.1) is 12.6 Å². The third-order valence-corrected chi connectivity index (χ3v) is 5.49. The molecule has 1 aliphatic heterocycles. The molecule has 1 aliphatic rings. The molecule has 19 heavy (non-hydrogen) atoms. The average Bonchev–Trinajstić information content (AvgIpc) is 2.76. The summed E-state index contributed by atoms with van der Waals surface area (Å²) in [4.78, 5) is 3.90. The Balaban J connectivity index is 2.10. The lowest BCUT2D eigenvalue weighted by Crippen LogP contribution is -2.45. The highest BCUT2D eigenvalue weighted by atomic mass is 79.9. The standard InChI is InChI=1S/C14H23BrN2OS/c1-10(16)14(13-6-12(15)9-19-13)17-5-3-4-11(7-17)8-18-2/h6,9-11,14H,3-5,7-8,16H2,1-2H3. The number of hydrogen-bond acceptors (Lipinski definition) is 4. The highest BCUT2D eigenvalue weighted by Gasteiger charge is 2.30. The van der Waals surface area contributed by atoms with E-state index in [1.165, 1.54) is 17.7 Å². The lowest BCUT2D eigenvalue weighted by molar-refractivity contribution is 0.0628. The van der Waals surface area contributed by atoms with Crippen LogP contribution in [0.3, 0.4) is 0 Å². The summed E-state index contributed by atoms with van der Waals surface area (Å²) in [5.41, 5.74) is 6.25. The van der Waals surface area contributed by atoms with Crippen molar-refractivity contribution in [3.63, 3.8) is 0 Å². The zero-order valence-corrected chi connectivity index (χ0v) is 14.0. The molecule has 3 atom stereocenters. The van der Waals surface area contributed by atoms with Gasteiger partial charge < -0.3 is 10.5 Å². The Hall–Kier alpha value is 0.0600. The fourth-order valence-corrected chi connectivity index (χ4v) is 4.67. The molecule has 2 N–H and O–H groups in total. The predicted molar refractivity (Wildman–Crippen MR) is 84.6 cm³/mol. The largest absolute Gasteiger partial charge is 0.384 e. The molecular formula is C14H23BrN2OS. The number of rotatable bonds is 5. The molecule has 2 rings (SSSR count). The van der Waals surface area contributed by atoms with Gasteiger partial charge in [-0.3, -0.25) is 4.90 Å². The van der Waals surface area contributed by atoms with Crippen LogP contribution < -0.4 is 5.73 Å². The lowest BCUT2D eigenvalue weighted by Gasteiger charge is -2.39. The van der Waals surface area contributed by atoms with Crippen LogP contribution in [0.25, 0.3) is 0 Å². The van der Waals surface area contributed by atoms with E-state index in [-0.39, 0.29) is 6.04 Å². The first kappa shape index (κ1) is 15.4. The van der Waals surface area contributed by atoms with Crippen LogP contribution in [-0.2, 0) is 4.74 Å². The lowest BCUT2D eigenvalue weighted by atomic mass is 9.95. The monoisotopic (exact) mass is 346 g/mol. The van der Waals surface area contributed by atoms with Gasteiger partial charge in [-0.05, 0) is 54.2 Å². The molecule has 0 aromatic carbocycles. The van der Waals surface area contributed by atoms with Crippen LogP contribution in [0.4, 0.5) is 0 Å². The van der Waals surface area contributed by atoms with Gasteiger partial charge in [0.1, 0.15) is 0 Å². The Morgan fingerprint density at radius 2 is 2.42 bits per heavy atom. The van der Waals surface area contributed by atoms with Crippen molar-refractivity contribution in [2.24, 2.45) is 11.7 Å². The van der Waals surface area contributed by atoms with Crippen molar-refractivity contribution in [3.05, 3.63) is 20.8 Å². The number of thiophene rings is 1. The number of nitrogens with two attached hydrogens (primary N) is 1. The first-order chi connectivity index (χ1) is 9.11. The van der Waals surface area contributed by atoms with Gasteiger partial charge in [-0.1, -0.05) is 0 Å². The summed E-state index contributed by atoms with van der Waals surface area (Å²) in [5.74, 6) is 0.642. The van der Waals surface area contributed by atoms with E-state index in [1.807, 2.05) is 0 Å². The quantitative estimate of drug-likeness (QED) is 0.889. The zero-order chi connectivity index (χ0) is 13.8. The van der Waals surface area contributed by atoms with Crippen molar-refractivity contribution in [2.45, 2.75) is 31.8 Å². The molecule has 2 heterocycles. The molecule has 0 radical (unpaired) electrons. The minimum absolute atomic E-state index is 0.145. The smallest absolute Gasteiger partial charge is 0.0591 e. The maximum absolute atomic E-state index is 6.25. The van der Waals surface area contributed by atoms with E-state index in [0.717, 1.165) is 24.2 Å². The summed E-state index contributed by atoms with van der Waals surface area (Å²) < 4.78 is 6.47. The van der Waals surface area contributed by atoms with Gasteiger partial charge in [0.2, 0.25) is 0 Å². The number of likely N-dealkylation sites (tertiary alicyclic amines) is 1. The third kappa shape index (κ3) is 4.02. The number of piperidine rings is 1. The molecule has 1 saturated heterocycles. The molecular weight excluding hydrogens is 324 g/mol. The van der Waals surface area contributed by atoms with Crippen molar-refractivity contribution in [1.29, 1.82) is 0 Å². The topological polar surface area (TPSA) is 38.5 Å². The summed E-state index contributed by atoms with van der Waals surface area (Å²) in [7, 11) is 1.79. The molecule has 3 unspecified atom stereocenters. The van der Waals surface area contributed by atoms with Crippen LogP contribution in [0.5, 0.6) is 0 Å². The normalized spacial score (nSPS) is 24.3. The number of ether oxygens (including phenoxy) is 1. The molecule has 0 spiro atoms. The van der Waals surface area contributed by atoms with E-state index in [0.29, 0.717) is 12.0 Å². The Bertz CT molecular complexity index is 395. The molecule has 5 heteroatoms. The molecule has 1 fully saturated rings. The second-order valence-corrected chi connectivity index (χ2v) is 7.29. The Morgan fingerprint density at radius 3 is 3.00 bits per heavy atom. The third-order valence-electron chi connectivity index (χ3n) is 3.72. The SMILES string of the molecule is COCC1CCCN(C(c2cc(Br)cs2)C(C)N)C1. The molecule has 0 amide bonds. The maximum atomic E-state index is 6.25. The van der Waals surface area contributed by atoms with Crippen molar-refractivity contribution < 1.29 is 4.74 Å². The Kier molecular flexibility index (Phi) is 5.84. The van der Waals surface area contributed by atoms with Gasteiger partial charge >= 0.3 is 0 Å². The number of halogens is 1. The van der Waals surface area contributed by atoms with E-state index in [4.69, 9.17) is 10.5 Å². The number of nitrogens with zero attached hydrogens (tertiary/aromatic N) is 1. The molecule has 1 aromatic rings. The Labute approximate surface area is 128 Å². The Morgan fingerprint density at radius 1 is 1.63 bits per heavy atom. The molecule has 0 aliphatic carbocycles. The van der Waals surface area contributed by atoms with E-state index in [1.54, 1.807) is 18.4 Å². The van der Waals surface area contributed by atoms with Crippen molar-refractivity contribution >= 4 is 27.3 Å². The van der Waals surface area contributed by atoms with E-state index in [2.05, 4.69) is 39.2 Å². The molecule has 0 bridgehead atoms. The van der Waals surface area contributed by atoms with E-state index in [9.17, 15) is 0 Å². The van der Waals surface area contributed by atoms with Crippen LogP contribution in [-0.4, -0.2) is 37.7 Å². The number of methoxy groups -OCH3 is 1. The van der Waals surface area contributed by atoms with Gasteiger partial charge in [0.25, 0.3) is 0 Å². The van der Waals surface area contributed by atoms with Crippen molar-refractivity contribution in [3.8, 4) is 0 Å². The van der Waals surface area contributed by atoms with Gasteiger partial charge in [0.15, 0.2) is 0 Å². The maximum Gasteiger partial charge on any atom is 0.0591 e. The van der Waals surface area contributed by atoms with Crippen LogP contribution >= 0.6 is 27.3 Å². The molecule has 0 saturated carbocycles. The van der Waals surface area contributed by atoms with Gasteiger partial charge in [-0.2, -0.15) is 0 Å². The summed E-state index contributed by atoms with van der Waals surface area (Å²) in [6, 6.07) is 2.68. The number of hydrogen-bond donors (Lipinski definition) is 1. The van der Waals surface area contributed by atoms with Crippen molar-refractivity contribution in [2.75, 3.05) is 26.8 Å².